The van der Waals surface area contributed by atoms with E-state index in [0.29, 0.717) is 12.2 Å². The van der Waals surface area contributed by atoms with E-state index < -0.39 is 11.6 Å². The molecule has 3 nitrogen and oxygen atoms in total. The number of amides is 1. The van der Waals surface area contributed by atoms with Crippen LogP contribution >= 0.6 is 0 Å². The third-order valence-electron chi connectivity index (χ3n) is 3.71. The quantitative estimate of drug-likeness (QED) is 0.830. The lowest BCUT2D eigenvalue weighted by atomic mass is 9.94. The molecule has 0 radical (unpaired) electrons. The van der Waals surface area contributed by atoms with Crippen LogP contribution in [-0.2, 0) is 11.2 Å². The van der Waals surface area contributed by atoms with Crippen LogP contribution in [0.3, 0.4) is 0 Å². The molecule has 0 saturated carbocycles. The molecule has 0 aliphatic heterocycles. The number of rotatable bonds is 7. The molecular weight excluding hydrogens is 305 g/mol. The topological polar surface area (TPSA) is 38.3 Å². The average Bonchev–Trinajstić information content (AvgIpc) is 2.54. The summed E-state index contributed by atoms with van der Waals surface area (Å²) in [5, 5.41) is 3.05. The van der Waals surface area contributed by atoms with Crippen molar-refractivity contribution in [2.24, 2.45) is 0 Å². The SMILES string of the molecule is CCC(Oc1ccc(F)cc1)C(=O)NC(C)(C)Cc1ccccc1. The van der Waals surface area contributed by atoms with E-state index in [1.54, 1.807) is 0 Å². The van der Waals surface area contributed by atoms with Crippen LogP contribution in [0.5, 0.6) is 5.75 Å². The highest BCUT2D eigenvalue weighted by Gasteiger charge is 2.26. The van der Waals surface area contributed by atoms with Crippen molar-refractivity contribution in [2.75, 3.05) is 0 Å². The fourth-order valence-electron chi connectivity index (χ4n) is 2.56. The number of carbonyl (C=O) groups is 1. The van der Waals surface area contributed by atoms with Crippen molar-refractivity contribution >= 4 is 5.91 Å². The van der Waals surface area contributed by atoms with Crippen molar-refractivity contribution in [2.45, 2.75) is 45.3 Å². The van der Waals surface area contributed by atoms with Gasteiger partial charge in [-0.3, -0.25) is 4.79 Å². The third kappa shape index (κ3) is 5.37. The smallest absolute Gasteiger partial charge is 0.261 e. The lowest BCUT2D eigenvalue weighted by Gasteiger charge is -2.29. The number of carbonyl (C=O) groups excluding carboxylic acids is 1. The summed E-state index contributed by atoms with van der Waals surface area (Å²) in [5.74, 6) is -0.00846. The van der Waals surface area contributed by atoms with Crippen molar-refractivity contribution in [3.63, 3.8) is 0 Å². The molecule has 1 atom stereocenters. The summed E-state index contributed by atoms with van der Waals surface area (Å²) in [6.07, 6.45) is 0.655. The zero-order valence-corrected chi connectivity index (χ0v) is 14.4. The van der Waals surface area contributed by atoms with E-state index in [-0.39, 0.29) is 11.7 Å². The first kappa shape index (κ1) is 18.0. The largest absolute Gasteiger partial charge is 0.481 e. The first-order chi connectivity index (χ1) is 11.4. The Morgan fingerprint density at radius 2 is 1.75 bits per heavy atom. The van der Waals surface area contributed by atoms with Crippen LogP contribution < -0.4 is 10.1 Å². The molecule has 0 spiro atoms. The molecule has 1 amide bonds. The van der Waals surface area contributed by atoms with E-state index in [1.807, 2.05) is 51.1 Å². The molecule has 1 unspecified atom stereocenters. The normalized spacial score (nSPS) is 12.5. The minimum atomic E-state index is -0.606. The number of halogens is 1. The minimum absolute atomic E-state index is 0.164. The first-order valence-corrected chi connectivity index (χ1v) is 8.18. The molecule has 1 N–H and O–H groups in total. The van der Waals surface area contributed by atoms with Crippen molar-refractivity contribution < 1.29 is 13.9 Å². The zero-order valence-electron chi connectivity index (χ0n) is 14.4. The third-order valence-corrected chi connectivity index (χ3v) is 3.71. The Balaban J connectivity index is 1.98. The second kappa shape index (κ2) is 7.95. The van der Waals surface area contributed by atoms with Crippen LogP contribution in [0, 0.1) is 5.82 Å². The summed E-state index contributed by atoms with van der Waals surface area (Å²) in [6, 6.07) is 15.7. The van der Waals surface area contributed by atoms with Crippen LogP contribution in [0.4, 0.5) is 4.39 Å². The number of ether oxygens (including phenoxy) is 1. The molecule has 0 saturated heterocycles. The predicted molar refractivity (Wildman–Crippen MR) is 93.5 cm³/mol. The highest BCUT2D eigenvalue weighted by molar-refractivity contribution is 5.81. The van der Waals surface area contributed by atoms with E-state index in [4.69, 9.17) is 4.74 Å². The molecule has 4 heteroatoms. The maximum absolute atomic E-state index is 13.0. The van der Waals surface area contributed by atoms with Gasteiger partial charge in [-0.05, 0) is 56.5 Å². The van der Waals surface area contributed by atoms with Gasteiger partial charge in [-0.2, -0.15) is 0 Å². The summed E-state index contributed by atoms with van der Waals surface area (Å²) < 4.78 is 18.7. The minimum Gasteiger partial charge on any atom is -0.481 e. The molecule has 0 aromatic heterocycles. The molecule has 2 rings (SSSR count). The second-order valence-electron chi connectivity index (χ2n) is 6.50. The fourth-order valence-corrected chi connectivity index (χ4v) is 2.56. The van der Waals surface area contributed by atoms with Gasteiger partial charge in [0.25, 0.3) is 5.91 Å². The summed E-state index contributed by atoms with van der Waals surface area (Å²) in [4.78, 5) is 12.5. The highest BCUT2D eigenvalue weighted by atomic mass is 19.1. The Bertz CT molecular complexity index is 653. The van der Waals surface area contributed by atoms with Gasteiger partial charge in [0.2, 0.25) is 0 Å². The molecule has 128 valence electrons. The van der Waals surface area contributed by atoms with E-state index >= 15 is 0 Å². The Morgan fingerprint density at radius 1 is 1.12 bits per heavy atom. The van der Waals surface area contributed by atoms with Crippen molar-refractivity contribution in [3.8, 4) is 5.75 Å². The second-order valence-corrected chi connectivity index (χ2v) is 6.50. The summed E-state index contributed by atoms with van der Waals surface area (Å²) in [6.45, 7) is 5.86. The van der Waals surface area contributed by atoms with Gasteiger partial charge < -0.3 is 10.1 Å². The van der Waals surface area contributed by atoms with E-state index in [1.165, 1.54) is 24.3 Å². The van der Waals surface area contributed by atoms with Gasteiger partial charge in [-0.25, -0.2) is 4.39 Å². The molecule has 0 heterocycles. The van der Waals surface area contributed by atoms with E-state index in [9.17, 15) is 9.18 Å². The van der Waals surface area contributed by atoms with Crippen LogP contribution in [0.1, 0.15) is 32.8 Å². The van der Waals surface area contributed by atoms with Gasteiger partial charge >= 0.3 is 0 Å². The highest BCUT2D eigenvalue weighted by Crippen LogP contribution is 2.17. The van der Waals surface area contributed by atoms with E-state index in [0.717, 1.165) is 12.0 Å². The van der Waals surface area contributed by atoms with Gasteiger partial charge in [-0.1, -0.05) is 37.3 Å². The zero-order chi connectivity index (χ0) is 17.6. The van der Waals surface area contributed by atoms with Crippen molar-refractivity contribution in [1.82, 2.24) is 5.32 Å². The monoisotopic (exact) mass is 329 g/mol. The number of benzene rings is 2. The van der Waals surface area contributed by atoms with Crippen LogP contribution in [0.15, 0.2) is 54.6 Å². The van der Waals surface area contributed by atoms with E-state index in [2.05, 4.69) is 5.32 Å². The van der Waals surface area contributed by atoms with Crippen LogP contribution in [0.25, 0.3) is 0 Å². The maximum atomic E-state index is 13.0. The van der Waals surface area contributed by atoms with Crippen molar-refractivity contribution in [1.29, 1.82) is 0 Å². The lowest BCUT2D eigenvalue weighted by Crippen LogP contribution is -2.50. The van der Waals surface area contributed by atoms with Gasteiger partial charge in [0.05, 0.1) is 0 Å². The van der Waals surface area contributed by atoms with Gasteiger partial charge in [0.15, 0.2) is 6.10 Å². The molecule has 24 heavy (non-hydrogen) atoms. The van der Waals surface area contributed by atoms with Gasteiger partial charge in [0, 0.05) is 5.54 Å². The Hall–Kier alpha value is -2.36. The lowest BCUT2D eigenvalue weighted by molar-refractivity contribution is -0.129. The Morgan fingerprint density at radius 3 is 2.33 bits per heavy atom. The van der Waals surface area contributed by atoms with Crippen LogP contribution in [-0.4, -0.2) is 17.6 Å². The molecule has 2 aromatic carbocycles. The van der Waals surface area contributed by atoms with Gasteiger partial charge in [0.1, 0.15) is 11.6 Å². The number of hydrogen-bond acceptors (Lipinski definition) is 2. The standard InChI is InChI=1S/C20H24FNO2/c1-4-18(24-17-12-10-16(21)11-13-17)19(23)22-20(2,3)14-15-8-6-5-7-9-15/h5-13,18H,4,14H2,1-3H3,(H,22,23). The maximum Gasteiger partial charge on any atom is 0.261 e. The molecule has 0 aliphatic carbocycles. The Kier molecular flexibility index (Phi) is 5.96. The predicted octanol–water partition coefficient (Wildman–Crippen LogP) is 4.12. The molecule has 2 aromatic rings. The fraction of sp³-hybridized carbons (Fsp3) is 0.350. The number of hydrogen-bond donors (Lipinski definition) is 1. The average molecular weight is 329 g/mol. The van der Waals surface area contributed by atoms with Gasteiger partial charge in [-0.15, -0.1) is 0 Å². The summed E-state index contributed by atoms with van der Waals surface area (Å²) in [5.41, 5.74) is 0.771. The molecule has 0 aliphatic rings. The van der Waals surface area contributed by atoms with Crippen molar-refractivity contribution in [3.05, 3.63) is 66.0 Å². The number of nitrogens with one attached hydrogen (secondary N) is 1. The Labute approximate surface area is 142 Å². The molecule has 0 bridgehead atoms. The molecular formula is C20H24FNO2. The van der Waals surface area contributed by atoms with Crippen LogP contribution in [0.2, 0.25) is 0 Å². The summed E-state index contributed by atoms with van der Waals surface area (Å²) in [7, 11) is 0. The first-order valence-electron chi connectivity index (χ1n) is 8.18. The molecule has 0 fully saturated rings. The summed E-state index contributed by atoms with van der Waals surface area (Å²) >= 11 is 0.